The molecule has 1 saturated heterocycles. The van der Waals surface area contributed by atoms with Crippen molar-refractivity contribution in [2.24, 2.45) is 0 Å². The fourth-order valence-corrected chi connectivity index (χ4v) is 2.37. The molecule has 1 aliphatic heterocycles. The quantitative estimate of drug-likeness (QED) is 0.887. The standard InChI is InChI=1S/C14H18FN5/c15-12-5-2-1-4-11(12)10-13-17-14(19-18-13)20-8-3-6-16-7-9-20/h1-2,4-5,16H,3,6-10H2,(H,17,18,19). The zero-order valence-corrected chi connectivity index (χ0v) is 11.3. The molecule has 2 aromatic rings. The largest absolute Gasteiger partial charge is 0.338 e. The van der Waals surface area contributed by atoms with Crippen molar-refractivity contribution in [1.82, 2.24) is 20.5 Å². The number of benzene rings is 1. The number of hydrogen-bond donors (Lipinski definition) is 2. The van der Waals surface area contributed by atoms with Gasteiger partial charge in [0.25, 0.3) is 0 Å². The van der Waals surface area contributed by atoms with Crippen LogP contribution in [0.4, 0.5) is 10.3 Å². The third kappa shape index (κ3) is 2.96. The Kier molecular flexibility index (Phi) is 3.92. The molecule has 1 aromatic carbocycles. The minimum atomic E-state index is -0.204. The molecule has 0 saturated carbocycles. The van der Waals surface area contributed by atoms with Crippen molar-refractivity contribution >= 4 is 5.95 Å². The zero-order chi connectivity index (χ0) is 13.8. The van der Waals surface area contributed by atoms with E-state index in [-0.39, 0.29) is 5.82 Å². The predicted molar refractivity (Wildman–Crippen MR) is 75.3 cm³/mol. The SMILES string of the molecule is Fc1ccccc1Cc1nc(N2CCCNCC2)n[nH]1. The highest BCUT2D eigenvalue weighted by molar-refractivity contribution is 5.30. The molecule has 106 valence electrons. The van der Waals surface area contributed by atoms with Gasteiger partial charge in [-0.1, -0.05) is 18.2 Å². The van der Waals surface area contributed by atoms with E-state index >= 15 is 0 Å². The third-order valence-electron chi connectivity index (χ3n) is 3.46. The van der Waals surface area contributed by atoms with E-state index in [1.807, 2.05) is 6.07 Å². The van der Waals surface area contributed by atoms with Crippen LogP contribution in [0.15, 0.2) is 24.3 Å². The summed E-state index contributed by atoms with van der Waals surface area (Å²) in [5.41, 5.74) is 0.632. The second-order valence-corrected chi connectivity index (χ2v) is 4.94. The van der Waals surface area contributed by atoms with Gasteiger partial charge in [-0.15, -0.1) is 5.10 Å². The van der Waals surface area contributed by atoms with Crippen molar-refractivity contribution in [1.29, 1.82) is 0 Å². The zero-order valence-electron chi connectivity index (χ0n) is 11.3. The summed E-state index contributed by atoms with van der Waals surface area (Å²) < 4.78 is 13.6. The topological polar surface area (TPSA) is 56.8 Å². The van der Waals surface area contributed by atoms with Gasteiger partial charge in [0, 0.05) is 26.1 Å². The molecule has 20 heavy (non-hydrogen) atoms. The maximum absolute atomic E-state index is 13.6. The summed E-state index contributed by atoms with van der Waals surface area (Å²) in [6.07, 6.45) is 1.52. The average Bonchev–Trinajstić information content (AvgIpc) is 2.74. The van der Waals surface area contributed by atoms with Gasteiger partial charge >= 0.3 is 0 Å². The Morgan fingerprint density at radius 2 is 2.10 bits per heavy atom. The van der Waals surface area contributed by atoms with E-state index in [1.54, 1.807) is 12.1 Å². The van der Waals surface area contributed by atoms with Gasteiger partial charge in [-0.2, -0.15) is 4.98 Å². The summed E-state index contributed by atoms with van der Waals surface area (Å²) >= 11 is 0. The number of aromatic amines is 1. The van der Waals surface area contributed by atoms with Gasteiger partial charge in [-0.3, -0.25) is 5.10 Å². The Morgan fingerprint density at radius 1 is 1.20 bits per heavy atom. The number of aromatic nitrogens is 3. The Hall–Kier alpha value is -1.95. The molecule has 0 spiro atoms. The van der Waals surface area contributed by atoms with Crippen molar-refractivity contribution in [2.75, 3.05) is 31.1 Å². The van der Waals surface area contributed by atoms with Crippen LogP contribution in [0.25, 0.3) is 0 Å². The lowest BCUT2D eigenvalue weighted by Gasteiger charge is -2.16. The molecule has 0 amide bonds. The van der Waals surface area contributed by atoms with Gasteiger partial charge in [-0.25, -0.2) is 4.39 Å². The average molecular weight is 275 g/mol. The van der Waals surface area contributed by atoms with Crippen LogP contribution in [0, 0.1) is 5.82 Å². The van der Waals surface area contributed by atoms with E-state index in [9.17, 15) is 4.39 Å². The fraction of sp³-hybridized carbons (Fsp3) is 0.429. The number of halogens is 1. The second kappa shape index (κ2) is 6.00. The van der Waals surface area contributed by atoms with Gasteiger partial charge in [0.05, 0.1) is 0 Å². The Bertz CT molecular complexity index is 560. The van der Waals surface area contributed by atoms with Crippen molar-refractivity contribution in [2.45, 2.75) is 12.8 Å². The first-order valence-corrected chi connectivity index (χ1v) is 6.93. The van der Waals surface area contributed by atoms with Crippen LogP contribution in [0.1, 0.15) is 17.8 Å². The summed E-state index contributed by atoms with van der Waals surface area (Å²) in [5, 5.41) is 10.5. The first-order valence-electron chi connectivity index (χ1n) is 6.93. The first kappa shape index (κ1) is 13.1. The number of hydrogen-bond acceptors (Lipinski definition) is 4. The highest BCUT2D eigenvalue weighted by Crippen LogP contribution is 2.13. The molecule has 1 fully saturated rings. The van der Waals surface area contributed by atoms with Crippen LogP contribution in [-0.4, -0.2) is 41.4 Å². The first-order chi connectivity index (χ1) is 9.83. The van der Waals surface area contributed by atoms with Crippen molar-refractivity contribution < 1.29 is 4.39 Å². The lowest BCUT2D eigenvalue weighted by molar-refractivity contribution is 0.612. The Balaban J connectivity index is 1.71. The van der Waals surface area contributed by atoms with E-state index in [0.29, 0.717) is 23.8 Å². The van der Waals surface area contributed by atoms with Gasteiger partial charge in [-0.05, 0) is 24.6 Å². The number of nitrogens with one attached hydrogen (secondary N) is 2. The van der Waals surface area contributed by atoms with E-state index < -0.39 is 0 Å². The van der Waals surface area contributed by atoms with Crippen LogP contribution >= 0.6 is 0 Å². The van der Waals surface area contributed by atoms with Gasteiger partial charge in [0.2, 0.25) is 5.95 Å². The molecule has 2 heterocycles. The number of H-pyrrole nitrogens is 1. The molecule has 5 nitrogen and oxygen atoms in total. The van der Waals surface area contributed by atoms with Gasteiger partial charge < -0.3 is 10.2 Å². The molecule has 1 aliphatic rings. The number of anilines is 1. The summed E-state index contributed by atoms with van der Waals surface area (Å²) in [4.78, 5) is 6.63. The molecule has 6 heteroatoms. The predicted octanol–water partition coefficient (Wildman–Crippen LogP) is 1.33. The van der Waals surface area contributed by atoms with E-state index in [0.717, 1.165) is 32.6 Å². The van der Waals surface area contributed by atoms with Crippen LogP contribution in [0.2, 0.25) is 0 Å². The van der Waals surface area contributed by atoms with Crippen molar-refractivity contribution in [3.05, 3.63) is 41.5 Å². The van der Waals surface area contributed by atoms with E-state index in [1.165, 1.54) is 6.07 Å². The van der Waals surface area contributed by atoms with Crippen molar-refractivity contribution in [3.8, 4) is 0 Å². The normalized spacial score (nSPS) is 16.1. The maximum Gasteiger partial charge on any atom is 0.244 e. The highest BCUT2D eigenvalue weighted by Gasteiger charge is 2.14. The fourth-order valence-electron chi connectivity index (χ4n) is 2.37. The molecule has 0 aliphatic carbocycles. The minimum Gasteiger partial charge on any atom is -0.338 e. The van der Waals surface area contributed by atoms with Crippen molar-refractivity contribution in [3.63, 3.8) is 0 Å². The minimum absolute atomic E-state index is 0.204. The maximum atomic E-state index is 13.6. The molecule has 3 rings (SSSR count). The molecule has 1 aromatic heterocycles. The molecule has 0 unspecified atom stereocenters. The van der Waals surface area contributed by atoms with Gasteiger partial charge in [0.15, 0.2) is 0 Å². The smallest absolute Gasteiger partial charge is 0.244 e. The lowest BCUT2D eigenvalue weighted by Crippen LogP contribution is -2.28. The van der Waals surface area contributed by atoms with E-state index in [4.69, 9.17) is 0 Å². The number of rotatable bonds is 3. The molecule has 2 N–H and O–H groups in total. The lowest BCUT2D eigenvalue weighted by atomic mass is 10.1. The molecule has 0 bridgehead atoms. The highest BCUT2D eigenvalue weighted by atomic mass is 19.1. The second-order valence-electron chi connectivity index (χ2n) is 4.94. The molecular formula is C14H18FN5. The van der Waals surface area contributed by atoms with Crippen LogP contribution in [0.3, 0.4) is 0 Å². The van der Waals surface area contributed by atoms with E-state index in [2.05, 4.69) is 25.4 Å². The summed E-state index contributed by atoms with van der Waals surface area (Å²) in [6.45, 7) is 3.82. The van der Waals surface area contributed by atoms with Gasteiger partial charge in [0.1, 0.15) is 11.6 Å². The van der Waals surface area contributed by atoms with Crippen LogP contribution < -0.4 is 10.2 Å². The Morgan fingerprint density at radius 3 is 3.00 bits per heavy atom. The monoisotopic (exact) mass is 275 g/mol. The van der Waals surface area contributed by atoms with Crippen LogP contribution in [-0.2, 0) is 6.42 Å². The summed E-state index contributed by atoms with van der Waals surface area (Å²) in [5.74, 6) is 1.20. The van der Waals surface area contributed by atoms with Crippen LogP contribution in [0.5, 0.6) is 0 Å². The Labute approximate surface area is 117 Å². The molecule has 0 atom stereocenters. The number of nitrogens with zero attached hydrogens (tertiary/aromatic N) is 3. The third-order valence-corrected chi connectivity index (χ3v) is 3.46. The summed E-state index contributed by atoms with van der Waals surface area (Å²) in [6, 6.07) is 6.76. The summed E-state index contributed by atoms with van der Waals surface area (Å²) in [7, 11) is 0. The molecule has 0 radical (unpaired) electrons. The molecular weight excluding hydrogens is 257 g/mol.